The van der Waals surface area contributed by atoms with Gasteiger partial charge in [-0.25, -0.2) is 9.18 Å². The van der Waals surface area contributed by atoms with E-state index < -0.39 is 11.8 Å². The summed E-state index contributed by atoms with van der Waals surface area (Å²) in [6, 6.07) is 6.91. The molecule has 0 aliphatic rings. The van der Waals surface area contributed by atoms with Gasteiger partial charge in [-0.1, -0.05) is 29.4 Å². The van der Waals surface area contributed by atoms with E-state index >= 15 is 0 Å². The van der Waals surface area contributed by atoms with Gasteiger partial charge in [0.05, 0.1) is 11.1 Å². The quantitative estimate of drug-likeness (QED) is 0.761. The summed E-state index contributed by atoms with van der Waals surface area (Å²) < 4.78 is 19.7. The molecule has 0 amide bonds. The number of carboxylic acids is 1. The number of aryl methyl sites for hydroxylation is 3. The van der Waals surface area contributed by atoms with Gasteiger partial charge in [0.1, 0.15) is 5.82 Å². The number of aromatic carboxylic acids is 1. The summed E-state index contributed by atoms with van der Waals surface area (Å²) in [4.78, 5) is 15.8. The molecular formula is C19H17FN2O3. The second-order valence-corrected chi connectivity index (χ2v) is 6.05. The van der Waals surface area contributed by atoms with Crippen molar-refractivity contribution in [3.05, 3.63) is 57.9 Å². The van der Waals surface area contributed by atoms with Crippen LogP contribution in [0.5, 0.6) is 0 Å². The molecule has 25 heavy (non-hydrogen) atoms. The van der Waals surface area contributed by atoms with Crippen molar-refractivity contribution in [3.8, 4) is 22.8 Å². The Hall–Kier alpha value is -3.02. The highest BCUT2D eigenvalue weighted by atomic mass is 19.1. The molecule has 128 valence electrons. The maximum absolute atomic E-state index is 14.5. The Kier molecular flexibility index (Phi) is 4.12. The Morgan fingerprint density at radius 2 is 1.68 bits per heavy atom. The predicted molar refractivity (Wildman–Crippen MR) is 91.0 cm³/mol. The highest BCUT2D eigenvalue weighted by molar-refractivity contribution is 5.93. The molecule has 0 unspecified atom stereocenters. The average molecular weight is 340 g/mol. The Morgan fingerprint density at radius 1 is 1.04 bits per heavy atom. The van der Waals surface area contributed by atoms with Crippen molar-refractivity contribution in [2.24, 2.45) is 0 Å². The van der Waals surface area contributed by atoms with Crippen molar-refractivity contribution in [1.29, 1.82) is 0 Å². The number of halogens is 1. The van der Waals surface area contributed by atoms with E-state index in [9.17, 15) is 14.3 Å². The SMILES string of the molecule is Cc1ccc(C)c(-c2nc(-c3ccc(C)c(C(=O)O)c3C)no2)c1F. The van der Waals surface area contributed by atoms with Crippen molar-refractivity contribution in [2.75, 3.05) is 0 Å². The van der Waals surface area contributed by atoms with Crippen LogP contribution < -0.4 is 0 Å². The van der Waals surface area contributed by atoms with E-state index in [-0.39, 0.29) is 22.8 Å². The van der Waals surface area contributed by atoms with E-state index in [2.05, 4.69) is 10.1 Å². The van der Waals surface area contributed by atoms with E-state index in [1.165, 1.54) is 0 Å². The normalized spacial score (nSPS) is 10.9. The molecule has 0 fully saturated rings. The Bertz CT molecular complexity index is 993. The Balaban J connectivity index is 2.14. The summed E-state index contributed by atoms with van der Waals surface area (Å²) in [5.41, 5.74) is 3.39. The molecular weight excluding hydrogens is 323 g/mol. The van der Waals surface area contributed by atoms with Crippen LogP contribution in [0.3, 0.4) is 0 Å². The zero-order valence-electron chi connectivity index (χ0n) is 14.3. The van der Waals surface area contributed by atoms with Crippen molar-refractivity contribution in [2.45, 2.75) is 27.7 Å². The van der Waals surface area contributed by atoms with E-state index in [1.807, 2.05) is 0 Å². The number of rotatable bonds is 3. The third kappa shape index (κ3) is 2.80. The topological polar surface area (TPSA) is 76.2 Å². The van der Waals surface area contributed by atoms with Crippen LogP contribution >= 0.6 is 0 Å². The van der Waals surface area contributed by atoms with Crippen molar-refractivity contribution in [3.63, 3.8) is 0 Å². The Labute approximate surface area is 144 Å². The number of nitrogens with zero attached hydrogens (tertiary/aromatic N) is 2. The van der Waals surface area contributed by atoms with Gasteiger partial charge in [0.25, 0.3) is 5.89 Å². The van der Waals surface area contributed by atoms with Gasteiger partial charge in [0.2, 0.25) is 5.82 Å². The van der Waals surface area contributed by atoms with Crippen LogP contribution in [-0.2, 0) is 0 Å². The van der Waals surface area contributed by atoms with Gasteiger partial charge in [-0.3, -0.25) is 0 Å². The molecule has 1 heterocycles. The molecule has 0 saturated heterocycles. The summed E-state index contributed by atoms with van der Waals surface area (Å²) >= 11 is 0. The summed E-state index contributed by atoms with van der Waals surface area (Å²) in [7, 11) is 0. The molecule has 0 aliphatic heterocycles. The van der Waals surface area contributed by atoms with Gasteiger partial charge < -0.3 is 9.63 Å². The molecule has 6 heteroatoms. The Morgan fingerprint density at radius 3 is 2.36 bits per heavy atom. The van der Waals surface area contributed by atoms with Crippen LogP contribution in [0.4, 0.5) is 4.39 Å². The largest absolute Gasteiger partial charge is 0.478 e. The highest BCUT2D eigenvalue weighted by Gasteiger charge is 2.21. The van der Waals surface area contributed by atoms with Crippen molar-refractivity contribution < 1.29 is 18.8 Å². The molecule has 0 bridgehead atoms. The molecule has 3 rings (SSSR count). The maximum Gasteiger partial charge on any atom is 0.336 e. The smallest absolute Gasteiger partial charge is 0.336 e. The van der Waals surface area contributed by atoms with Crippen LogP contribution in [0, 0.1) is 33.5 Å². The van der Waals surface area contributed by atoms with Crippen LogP contribution in [0.15, 0.2) is 28.8 Å². The summed E-state index contributed by atoms with van der Waals surface area (Å²) in [5, 5.41) is 13.3. The summed E-state index contributed by atoms with van der Waals surface area (Å²) in [6.45, 7) is 6.86. The van der Waals surface area contributed by atoms with Gasteiger partial charge in [-0.2, -0.15) is 4.98 Å². The highest BCUT2D eigenvalue weighted by Crippen LogP contribution is 2.31. The first kappa shape index (κ1) is 16.8. The van der Waals surface area contributed by atoms with Crippen LogP contribution in [0.1, 0.15) is 32.6 Å². The molecule has 3 aromatic rings. The summed E-state index contributed by atoms with van der Waals surface area (Å²) in [5.74, 6) is -1.11. The molecule has 0 radical (unpaired) electrons. The van der Waals surface area contributed by atoms with E-state index in [4.69, 9.17) is 4.52 Å². The fourth-order valence-electron chi connectivity index (χ4n) is 2.89. The van der Waals surface area contributed by atoms with Gasteiger partial charge in [-0.15, -0.1) is 0 Å². The van der Waals surface area contributed by atoms with Gasteiger partial charge >= 0.3 is 5.97 Å². The number of aromatic nitrogens is 2. The third-order valence-electron chi connectivity index (χ3n) is 4.31. The number of benzene rings is 2. The predicted octanol–water partition coefficient (Wildman–Crippen LogP) is 4.47. The first-order valence-corrected chi connectivity index (χ1v) is 7.75. The van der Waals surface area contributed by atoms with Crippen LogP contribution in [0.2, 0.25) is 0 Å². The number of carboxylic acid groups (broad SMARTS) is 1. The van der Waals surface area contributed by atoms with Gasteiger partial charge in [0.15, 0.2) is 0 Å². The lowest BCUT2D eigenvalue weighted by molar-refractivity contribution is 0.0695. The maximum atomic E-state index is 14.5. The summed E-state index contributed by atoms with van der Waals surface area (Å²) in [6.07, 6.45) is 0. The van der Waals surface area contributed by atoms with E-state index in [0.29, 0.717) is 27.8 Å². The number of hydrogen-bond acceptors (Lipinski definition) is 4. The minimum Gasteiger partial charge on any atom is -0.478 e. The second kappa shape index (κ2) is 6.12. The van der Waals surface area contributed by atoms with Crippen molar-refractivity contribution in [1.82, 2.24) is 10.1 Å². The van der Waals surface area contributed by atoms with Gasteiger partial charge in [-0.05, 0) is 49.9 Å². The zero-order valence-corrected chi connectivity index (χ0v) is 14.3. The molecule has 0 saturated carbocycles. The molecule has 0 spiro atoms. The number of hydrogen-bond donors (Lipinski definition) is 1. The minimum atomic E-state index is -1.01. The fraction of sp³-hybridized carbons (Fsp3) is 0.211. The molecule has 0 aliphatic carbocycles. The minimum absolute atomic E-state index is 0.0746. The standard InChI is InChI=1S/C19H17FN2O3/c1-9-7-8-13(12(4)14(9)19(23)24)17-21-18(25-22-17)15-10(2)5-6-11(3)16(15)20/h5-8H,1-4H3,(H,23,24). The third-order valence-corrected chi connectivity index (χ3v) is 4.31. The van der Waals surface area contributed by atoms with Crippen LogP contribution in [-0.4, -0.2) is 21.2 Å². The first-order valence-electron chi connectivity index (χ1n) is 7.75. The molecule has 2 aromatic carbocycles. The zero-order chi connectivity index (χ0) is 18.3. The van der Waals surface area contributed by atoms with Crippen LogP contribution in [0.25, 0.3) is 22.8 Å². The molecule has 0 atom stereocenters. The van der Waals surface area contributed by atoms with E-state index in [0.717, 1.165) is 0 Å². The lowest BCUT2D eigenvalue weighted by Gasteiger charge is -2.08. The first-order chi connectivity index (χ1) is 11.8. The van der Waals surface area contributed by atoms with E-state index in [1.54, 1.807) is 52.0 Å². The number of carbonyl (C=O) groups is 1. The monoisotopic (exact) mass is 340 g/mol. The second-order valence-electron chi connectivity index (χ2n) is 6.05. The van der Waals surface area contributed by atoms with Crippen molar-refractivity contribution >= 4 is 5.97 Å². The molecule has 1 aromatic heterocycles. The lowest BCUT2D eigenvalue weighted by Crippen LogP contribution is -2.04. The average Bonchev–Trinajstić information content (AvgIpc) is 3.00. The van der Waals surface area contributed by atoms with Gasteiger partial charge in [0, 0.05) is 5.56 Å². The molecule has 5 nitrogen and oxygen atoms in total. The molecule has 1 N–H and O–H groups in total. The lowest BCUT2D eigenvalue weighted by atomic mass is 9.97. The fourth-order valence-corrected chi connectivity index (χ4v) is 2.89.